The van der Waals surface area contributed by atoms with Crippen LogP contribution in [0.25, 0.3) is 0 Å². The average Bonchev–Trinajstić information content (AvgIpc) is 2.19. The van der Waals surface area contributed by atoms with Gasteiger partial charge in [0.05, 0.1) is 6.54 Å². The van der Waals surface area contributed by atoms with E-state index in [-0.39, 0.29) is 6.54 Å². The molecule has 0 aliphatic carbocycles. The van der Waals surface area contributed by atoms with Crippen molar-refractivity contribution < 1.29 is 9.84 Å². The monoisotopic (exact) mass is 239 g/mol. The van der Waals surface area contributed by atoms with Gasteiger partial charge in [-0.05, 0) is 18.6 Å². The van der Waals surface area contributed by atoms with Gasteiger partial charge in [-0.1, -0.05) is 37.8 Å². The molecule has 0 spiro atoms. The number of rotatable bonds is 4. The molecule has 16 heavy (non-hydrogen) atoms. The first-order chi connectivity index (χ1) is 7.30. The van der Waals surface area contributed by atoms with Gasteiger partial charge in [-0.15, -0.1) is 0 Å². The van der Waals surface area contributed by atoms with Crippen LogP contribution in [0.3, 0.4) is 0 Å². The maximum Gasteiger partial charge on any atom is 0.199 e. The van der Waals surface area contributed by atoms with Gasteiger partial charge in [-0.25, -0.2) is 0 Å². The highest BCUT2D eigenvalue weighted by Crippen LogP contribution is 2.26. The molecule has 0 amide bonds. The third-order valence-corrected chi connectivity index (χ3v) is 5.47. The van der Waals surface area contributed by atoms with Crippen LogP contribution in [0, 0.1) is 6.92 Å². The van der Waals surface area contributed by atoms with Gasteiger partial charge < -0.3 is 15.6 Å². The van der Waals surface area contributed by atoms with Gasteiger partial charge >= 0.3 is 0 Å². The summed E-state index contributed by atoms with van der Waals surface area (Å²) >= 11 is 0. The lowest BCUT2D eigenvalue weighted by Crippen LogP contribution is -2.61. The summed E-state index contributed by atoms with van der Waals surface area (Å²) in [5, 5.41) is 10.4. The van der Waals surface area contributed by atoms with E-state index >= 15 is 0 Å². The Morgan fingerprint density at radius 1 is 1.31 bits per heavy atom. The summed E-state index contributed by atoms with van der Waals surface area (Å²) in [6.07, 6.45) is 0. The predicted octanol–water partition coefficient (Wildman–Crippen LogP) is 1.90. The number of aliphatic hydroxyl groups is 1. The van der Waals surface area contributed by atoms with Crippen LogP contribution in [0.2, 0.25) is 19.6 Å². The van der Waals surface area contributed by atoms with Crippen LogP contribution in [-0.2, 0) is 0 Å². The fraction of sp³-hybridized carbons (Fsp3) is 0.500. The molecule has 0 fully saturated rings. The van der Waals surface area contributed by atoms with Crippen LogP contribution in [0.5, 0.6) is 5.75 Å². The second-order valence-corrected chi connectivity index (χ2v) is 10.4. The summed E-state index contributed by atoms with van der Waals surface area (Å²) in [6, 6.07) is 7.65. The van der Waals surface area contributed by atoms with Crippen LogP contribution in [0.1, 0.15) is 5.56 Å². The van der Waals surface area contributed by atoms with Crippen molar-refractivity contribution in [1.29, 1.82) is 0 Å². The molecule has 0 saturated carbocycles. The van der Waals surface area contributed by atoms with E-state index in [1.807, 2.05) is 50.8 Å². The van der Waals surface area contributed by atoms with Gasteiger partial charge in [0.25, 0.3) is 0 Å². The molecule has 1 rings (SSSR count). The number of hydrogen-bond donors (Lipinski definition) is 2. The molecule has 0 aromatic heterocycles. The minimum absolute atomic E-state index is 0.122. The Morgan fingerprint density at radius 3 is 2.31 bits per heavy atom. The van der Waals surface area contributed by atoms with Crippen LogP contribution in [0.15, 0.2) is 24.3 Å². The third kappa shape index (κ3) is 2.64. The maximum absolute atomic E-state index is 10.4. The van der Waals surface area contributed by atoms with E-state index in [1.54, 1.807) is 0 Å². The summed E-state index contributed by atoms with van der Waals surface area (Å²) in [5.74, 6) is 0.706. The highest BCUT2D eigenvalue weighted by Gasteiger charge is 2.43. The standard InChI is InChI=1S/C12H21NO2Si/c1-10-7-5-6-8-11(10)15-12(14,9-13)16(2,3)4/h5-8,14H,9,13H2,1-4H3/t12-/m1/s1. The van der Waals surface area contributed by atoms with Crippen molar-refractivity contribution in [3.05, 3.63) is 29.8 Å². The average molecular weight is 239 g/mol. The topological polar surface area (TPSA) is 55.5 Å². The lowest BCUT2D eigenvalue weighted by molar-refractivity contribution is -0.0641. The van der Waals surface area contributed by atoms with Crippen molar-refractivity contribution in [3.63, 3.8) is 0 Å². The van der Waals surface area contributed by atoms with Crippen LogP contribution in [-0.4, -0.2) is 25.1 Å². The molecule has 90 valence electrons. The SMILES string of the molecule is Cc1ccccc1O[C@](O)(CN)[Si](C)(C)C. The van der Waals surface area contributed by atoms with Gasteiger partial charge in [0.2, 0.25) is 0 Å². The zero-order valence-electron chi connectivity index (χ0n) is 10.4. The van der Waals surface area contributed by atoms with Crippen LogP contribution >= 0.6 is 0 Å². The quantitative estimate of drug-likeness (QED) is 0.623. The highest BCUT2D eigenvalue weighted by molar-refractivity contribution is 6.78. The van der Waals surface area contributed by atoms with Crippen LogP contribution in [0.4, 0.5) is 0 Å². The highest BCUT2D eigenvalue weighted by atomic mass is 28.3. The molecule has 0 unspecified atom stereocenters. The van der Waals surface area contributed by atoms with E-state index in [0.717, 1.165) is 5.56 Å². The molecule has 4 heteroatoms. The zero-order valence-corrected chi connectivity index (χ0v) is 11.4. The molecule has 3 nitrogen and oxygen atoms in total. The normalized spacial score (nSPS) is 15.6. The summed E-state index contributed by atoms with van der Waals surface area (Å²) in [4.78, 5) is 0. The second-order valence-electron chi connectivity index (χ2n) is 5.11. The number of para-hydroxylation sites is 1. The fourth-order valence-electron chi connectivity index (χ4n) is 1.35. The molecule has 0 aliphatic heterocycles. The Balaban J connectivity index is 2.99. The van der Waals surface area contributed by atoms with E-state index in [0.29, 0.717) is 5.75 Å². The van der Waals surface area contributed by atoms with E-state index in [2.05, 4.69) is 0 Å². The number of aryl methyl sites for hydroxylation is 1. The first-order valence-corrected chi connectivity index (χ1v) is 8.97. The molecule has 0 radical (unpaired) electrons. The first-order valence-electron chi connectivity index (χ1n) is 5.47. The van der Waals surface area contributed by atoms with Crippen molar-refractivity contribution in [1.82, 2.24) is 0 Å². The Morgan fingerprint density at radius 2 is 1.88 bits per heavy atom. The fourth-order valence-corrected chi connectivity index (χ4v) is 2.38. The van der Waals surface area contributed by atoms with Crippen molar-refractivity contribution >= 4 is 8.07 Å². The van der Waals surface area contributed by atoms with E-state index < -0.39 is 13.5 Å². The van der Waals surface area contributed by atoms with Gasteiger partial charge in [-0.2, -0.15) is 0 Å². The van der Waals surface area contributed by atoms with E-state index in [4.69, 9.17) is 10.5 Å². The van der Waals surface area contributed by atoms with Gasteiger partial charge in [0.15, 0.2) is 5.41 Å². The summed E-state index contributed by atoms with van der Waals surface area (Å²) in [7, 11) is -1.91. The van der Waals surface area contributed by atoms with Crippen LogP contribution < -0.4 is 10.5 Å². The van der Waals surface area contributed by atoms with E-state index in [9.17, 15) is 5.11 Å². The Hall–Kier alpha value is -0.843. The molecule has 0 aliphatic rings. The molecule has 1 aromatic carbocycles. The number of hydrogen-bond acceptors (Lipinski definition) is 3. The number of ether oxygens (including phenoxy) is 1. The molecule has 1 atom stereocenters. The molecule has 0 heterocycles. The van der Waals surface area contributed by atoms with Gasteiger partial charge in [0.1, 0.15) is 13.8 Å². The molecular formula is C12H21NO2Si. The molecule has 3 N–H and O–H groups in total. The third-order valence-electron chi connectivity index (χ3n) is 2.82. The first kappa shape index (κ1) is 13.2. The smallest absolute Gasteiger partial charge is 0.199 e. The molecular weight excluding hydrogens is 218 g/mol. The molecule has 0 bridgehead atoms. The lowest BCUT2D eigenvalue weighted by atomic mass is 10.2. The Bertz CT molecular complexity index is 362. The number of nitrogens with two attached hydrogens (primary N) is 1. The minimum atomic E-state index is -1.91. The minimum Gasteiger partial charge on any atom is -0.465 e. The maximum atomic E-state index is 10.4. The largest absolute Gasteiger partial charge is 0.465 e. The summed E-state index contributed by atoms with van der Waals surface area (Å²) in [6.45, 7) is 8.20. The second kappa shape index (κ2) is 4.57. The van der Waals surface area contributed by atoms with Crippen molar-refractivity contribution in [3.8, 4) is 5.75 Å². The zero-order chi connectivity index (χ0) is 12.4. The summed E-state index contributed by atoms with van der Waals surface area (Å²) < 4.78 is 5.74. The summed E-state index contributed by atoms with van der Waals surface area (Å²) in [5.41, 5.74) is 5.45. The van der Waals surface area contributed by atoms with Crippen molar-refractivity contribution in [2.24, 2.45) is 5.73 Å². The van der Waals surface area contributed by atoms with Crippen molar-refractivity contribution in [2.75, 3.05) is 6.54 Å². The molecule has 0 saturated heterocycles. The number of benzene rings is 1. The van der Waals surface area contributed by atoms with Crippen molar-refractivity contribution in [2.45, 2.75) is 32.0 Å². The lowest BCUT2D eigenvalue weighted by Gasteiger charge is -2.38. The molecule has 1 aromatic rings. The Labute approximate surface area is 98.2 Å². The van der Waals surface area contributed by atoms with Gasteiger partial charge in [0, 0.05) is 0 Å². The Kier molecular flexibility index (Phi) is 3.78. The van der Waals surface area contributed by atoms with Gasteiger partial charge in [-0.3, -0.25) is 0 Å². The predicted molar refractivity (Wildman–Crippen MR) is 69.2 cm³/mol. The van der Waals surface area contributed by atoms with E-state index in [1.165, 1.54) is 0 Å².